The Morgan fingerprint density at radius 1 is 1.21 bits per heavy atom. The van der Waals surface area contributed by atoms with Crippen molar-refractivity contribution in [2.24, 2.45) is 0 Å². The molecule has 3 rings (SSSR count). The minimum absolute atomic E-state index is 0.00455. The summed E-state index contributed by atoms with van der Waals surface area (Å²) in [4.78, 5) is 28.9. The molecule has 1 aliphatic heterocycles. The van der Waals surface area contributed by atoms with Gasteiger partial charge in [-0.15, -0.1) is 0 Å². The van der Waals surface area contributed by atoms with Crippen LogP contribution in [0.2, 0.25) is 0 Å². The predicted octanol–water partition coefficient (Wildman–Crippen LogP) is 3.75. The van der Waals surface area contributed by atoms with E-state index >= 15 is 0 Å². The first-order valence-electron chi connectivity index (χ1n) is 8.93. The zero-order chi connectivity index (χ0) is 21.1. The van der Waals surface area contributed by atoms with Gasteiger partial charge < -0.3 is 9.64 Å². The van der Waals surface area contributed by atoms with E-state index in [1.54, 1.807) is 30.3 Å². The van der Waals surface area contributed by atoms with Crippen LogP contribution in [0.3, 0.4) is 0 Å². The molecule has 2 aromatic carbocycles. The number of nitrogens with one attached hydrogen (secondary N) is 1. The first kappa shape index (κ1) is 21.0. The molecule has 1 aliphatic rings. The molecule has 0 saturated carbocycles. The van der Waals surface area contributed by atoms with Crippen molar-refractivity contribution in [3.8, 4) is 5.75 Å². The molecule has 1 saturated heterocycles. The van der Waals surface area contributed by atoms with Gasteiger partial charge in [0.05, 0.1) is 18.0 Å². The number of nitrogens with zero attached hydrogens (tertiary/aromatic N) is 2. The van der Waals surface area contributed by atoms with E-state index < -0.39 is 11.8 Å². The zero-order valence-corrected chi connectivity index (χ0v) is 18.6. The van der Waals surface area contributed by atoms with E-state index in [1.165, 1.54) is 4.90 Å². The molecule has 0 atom stereocenters. The molecule has 8 heteroatoms. The van der Waals surface area contributed by atoms with Crippen molar-refractivity contribution in [3.05, 3.63) is 58.1 Å². The van der Waals surface area contributed by atoms with Gasteiger partial charge in [0, 0.05) is 24.6 Å². The molecule has 1 heterocycles. The van der Waals surface area contributed by atoms with Crippen molar-refractivity contribution in [2.75, 3.05) is 30.5 Å². The highest BCUT2D eigenvalue weighted by Gasteiger charge is 2.34. The average molecular weight is 474 g/mol. The van der Waals surface area contributed by atoms with Crippen LogP contribution in [-0.4, -0.2) is 37.6 Å². The largest absolute Gasteiger partial charge is 0.494 e. The van der Waals surface area contributed by atoms with Crippen molar-refractivity contribution in [2.45, 2.75) is 6.92 Å². The summed E-state index contributed by atoms with van der Waals surface area (Å²) in [5.74, 6) is -0.392. The number of amides is 2. The lowest BCUT2D eigenvalue weighted by Gasteiger charge is -2.29. The van der Waals surface area contributed by atoms with Crippen LogP contribution in [0, 0.1) is 0 Å². The van der Waals surface area contributed by atoms with Crippen molar-refractivity contribution in [3.63, 3.8) is 0 Å². The van der Waals surface area contributed by atoms with E-state index in [4.69, 9.17) is 17.0 Å². The Morgan fingerprint density at radius 2 is 1.97 bits per heavy atom. The number of halogens is 1. The molecule has 0 bridgehead atoms. The van der Waals surface area contributed by atoms with Crippen LogP contribution in [0.4, 0.5) is 11.4 Å². The number of anilines is 2. The van der Waals surface area contributed by atoms with E-state index in [2.05, 4.69) is 21.2 Å². The Bertz CT molecular complexity index is 1020. The second kappa shape index (κ2) is 8.75. The molecule has 2 amide bonds. The minimum Gasteiger partial charge on any atom is -0.494 e. The van der Waals surface area contributed by atoms with Gasteiger partial charge in [0.1, 0.15) is 11.3 Å². The second-order valence-corrected chi connectivity index (χ2v) is 7.73. The number of thiocarbonyl (C=S) groups is 1. The zero-order valence-electron chi connectivity index (χ0n) is 16.2. The molecule has 1 fully saturated rings. The number of rotatable bonds is 5. The molecular formula is C21H20BrN3O3S. The van der Waals surface area contributed by atoms with Gasteiger partial charge in [0.2, 0.25) is 0 Å². The Kier molecular flexibility index (Phi) is 6.34. The summed E-state index contributed by atoms with van der Waals surface area (Å²) < 4.78 is 6.36. The van der Waals surface area contributed by atoms with Crippen molar-refractivity contribution in [1.82, 2.24) is 5.32 Å². The maximum atomic E-state index is 13.1. The summed E-state index contributed by atoms with van der Waals surface area (Å²) in [7, 11) is 3.87. The smallest absolute Gasteiger partial charge is 0.270 e. The van der Waals surface area contributed by atoms with Crippen LogP contribution < -0.4 is 19.9 Å². The van der Waals surface area contributed by atoms with Crippen molar-refractivity contribution >= 4 is 62.5 Å². The monoisotopic (exact) mass is 473 g/mol. The maximum absolute atomic E-state index is 13.1. The van der Waals surface area contributed by atoms with Crippen LogP contribution >= 0.6 is 28.1 Å². The van der Waals surface area contributed by atoms with Gasteiger partial charge in [-0.3, -0.25) is 19.8 Å². The predicted molar refractivity (Wildman–Crippen MR) is 122 cm³/mol. The lowest BCUT2D eigenvalue weighted by Crippen LogP contribution is -2.54. The molecular weight excluding hydrogens is 454 g/mol. The highest BCUT2D eigenvalue weighted by atomic mass is 79.9. The van der Waals surface area contributed by atoms with E-state index in [0.717, 1.165) is 15.7 Å². The fourth-order valence-electron chi connectivity index (χ4n) is 2.91. The van der Waals surface area contributed by atoms with E-state index in [0.29, 0.717) is 18.0 Å². The maximum Gasteiger partial charge on any atom is 0.270 e. The van der Waals surface area contributed by atoms with Crippen LogP contribution in [-0.2, 0) is 9.59 Å². The third kappa shape index (κ3) is 4.49. The first-order valence-corrected chi connectivity index (χ1v) is 10.1. The molecule has 0 aliphatic carbocycles. The number of ether oxygens (including phenoxy) is 1. The standard InChI is InChI=1S/C21H20BrN3O3S/c1-4-28-15-7-5-6-14(12-15)25-20(27)16(19(26)23-21(25)29)10-13-8-9-18(24(2)3)17(22)11-13/h5-12H,4H2,1-3H3,(H,23,26,29)/b16-10-. The van der Waals surface area contributed by atoms with E-state index in [-0.39, 0.29) is 10.7 Å². The topological polar surface area (TPSA) is 61.9 Å². The third-order valence-electron chi connectivity index (χ3n) is 4.25. The highest BCUT2D eigenvalue weighted by Crippen LogP contribution is 2.29. The number of carbonyl (C=O) groups excluding carboxylic acids is 2. The molecule has 0 spiro atoms. The lowest BCUT2D eigenvalue weighted by atomic mass is 10.1. The molecule has 6 nitrogen and oxygen atoms in total. The quantitative estimate of drug-likeness (QED) is 0.407. The molecule has 150 valence electrons. The summed E-state index contributed by atoms with van der Waals surface area (Å²) in [5.41, 5.74) is 2.24. The van der Waals surface area contributed by atoms with Gasteiger partial charge in [-0.25, -0.2) is 0 Å². The summed E-state index contributed by atoms with van der Waals surface area (Å²) in [5, 5.41) is 2.63. The minimum atomic E-state index is -0.523. The van der Waals surface area contributed by atoms with Gasteiger partial charge in [-0.1, -0.05) is 12.1 Å². The van der Waals surface area contributed by atoms with Crippen molar-refractivity contribution in [1.29, 1.82) is 0 Å². The molecule has 0 unspecified atom stereocenters. The number of benzene rings is 2. The normalized spacial score (nSPS) is 15.5. The van der Waals surface area contributed by atoms with Crippen LogP contribution in [0.15, 0.2) is 52.5 Å². The highest BCUT2D eigenvalue weighted by molar-refractivity contribution is 9.10. The summed E-state index contributed by atoms with van der Waals surface area (Å²) in [6, 6.07) is 12.6. The van der Waals surface area contributed by atoms with E-state index in [1.807, 2.05) is 44.1 Å². The lowest BCUT2D eigenvalue weighted by molar-refractivity contribution is -0.122. The summed E-state index contributed by atoms with van der Waals surface area (Å²) in [6.07, 6.45) is 1.56. The van der Waals surface area contributed by atoms with Crippen molar-refractivity contribution < 1.29 is 14.3 Å². The van der Waals surface area contributed by atoms with Crippen LogP contribution in [0.5, 0.6) is 5.75 Å². The fraction of sp³-hybridized carbons (Fsp3) is 0.190. The molecule has 29 heavy (non-hydrogen) atoms. The molecule has 0 radical (unpaired) electrons. The number of carbonyl (C=O) groups is 2. The van der Waals surface area contributed by atoms with Crippen LogP contribution in [0.1, 0.15) is 12.5 Å². The molecule has 0 aromatic heterocycles. The number of hydrogen-bond acceptors (Lipinski definition) is 5. The van der Waals surface area contributed by atoms with Gasteiger partial charge in [-0.05, 0) is 71.0 Å². The SMILES string of the molecule is CCOc1cccc(N2C(=O)/C(=C\c3ccc(N(C)C)c(Br)c3)C(=O)NC2=S)c1. The van der Waals surface area contributed by atoms with Crippen LogP contribution in [0.25, 0.3) is 6.08 Å². The average Bonchev–Trinajstić information content (AvgIpc) is 2.65. The van der Waals surface area contributed by atoms with Gasteiger partial charge in [-0.2, -0.15) is 0 Å². The summed E-state index contributed by atoms with van der Waals surface area (Å²) >= 11 is 8.77. The number of hydrogen-bond donors (Lipinski definition) is 1. The van der Waals surface area contributed by atoms with E-state index in [9.17, 15) is 9.59 Å². The Balaban J connectivity index is 1.98. The summed E-state index contributed by atoms with van der Waals surface area (Å²) in [6.45, 7) is 2.38. The molecule has 2 aromatic rings. The van der Waals surface area contributed by atoms with Gasteiger partial charge >= 0.3 is 0 Å². The third-order valence-corrected chi connectivity index (χ3v) is 5.17. The second-order valence-electron chi connectivity index (χ2n) is 6.49. The van der Waals surface area contributed by atoms with Gasteiger partial charge in [0.25, 0.3) is 11.8 Å². The Morgan fingerprint density at radius 3 is 2.62 bits per heavy atom. The Labute approximate surface area is 183 Å². The van der Waals surface area contributed by atoms with Gasteiger partial charge in [0.15, 0.2) is 5.11 Å². The first-order chi connectivity index (χ1) is 13.8. The fourth-order valence-corrected chi connectivity index (χ4v) is 3.95. The Hall–Kier alpha value is -2.71. The molecule has 1 N–H and O–H groups in total.